The smallest absolute Gasteiger partial charge is 0.270 e. The van der Waals surface area contributed by atoms with Crippen LogP contribution in [0.2, 0.25) is 5.02 Å². The van der Waals surface area contributed by atoms with Gasteiger partial charge in [0.25, 0.3) is 5.91 Å². The number of anilines is 1. The predicted molar refractivity (Wildman–Crippen MR) is 105 cm³/mol. The normalized spacial score (nSPS) is 10.3. The molecule has 2 N–H and O–H groups in total. The minimum atomic E-state index is -0.222. The van der Waals surface area contributed by atoms with Gasteiger partial charge in [0, 0.05) is 18.1 Å². The Bertz CT molecular complexity index is 851. The van der Waals surface area contributed by atoms with Crippen molar-refractivity contribution in [3.05, 3.63) is 94.8 Å². The molecule has 0 bridgehead atoms. The van der Waals surface area contributed by atoms with Gasteiger partial charge in [-0.1, -0.05) is 60.1 Å². The lowest BCUT2D eigenvalue weighted by atomic mass is 10.1. The number of hydrogen-bond acceptors (Lipinski definition) is 3. The van der Waals surface area contributed by atoms with Crippen LogP contribution in [0, 0.1) is 0 Å². The molecule has 1 aromatic heterocycles. The van der Waals surface area contributed by atoms with Gasteiger partial charge in [-0.2, -0.15) is 0 Å². The summed E-state index contributed by atoms with van der Waals surface area (Å²) in [5.74, 6) is -0.222. The number of aromatic nitrogens is 1. The van der Waals surface area contributed by atoms with E-state index >= 15 is 0 Å². The molecule has 3 aromatic rings. The molecule has 0 aliphatic heterocycles. The molecule has 0 aliphatic carbocycles. The molecule has 0 saturated heterocycles. The lowest BCUT2D eigenvalue weighted by molar-refractivity contribution is 0.0946. The molecule has 0 spiro atoms. The third-order valence-electron chi connectivity index (χ3n) is 3.98. The van der Waals surface area contributed by atoms with Crippen LogP contribution < -0.4 is 10.6 Å². The van der Waals surface area contributed by atoms with E-state index in [0.717, 1.165) is 24.2 Å². The first-order valence-electron chi connectivity index (χ1n) is 8.48. The van der Waals surface area contributed by atoms with Crippen molar-refractivity contribution in [2.75, 3.05) is 11.9 Å². The highest BCUT2D eigenvalue weighted by molar-refractivity contribution is 6.31. The molecule has 0 radical (unpaired) electrons. The summed E-state index contributed by atoms with van der Waals surface area (Å²) in [6.07, 6.45) is 2.61. The number of rotatable bonds is 7. The molecule has 0 saturated carbocycles. The molecule has 26 heavy (non-hydrogen) atoms. The van der Waals surface area contributed by atoms with Gasteiger partial charge in [0.1, 0.15) is 5.69 Å². The van der Waals surface area contributed by atoms with Crippen molar-refractivity contribution >= 4 is 23.2 Å². The Labute approximate surface area is 158 Å². The standard InChI is InChI=1S/C21H20ClN3O/c22-19-9-5-4-8-17(19)14-25-21(26)20-11-10-18(15-24-20)23-13-12-16-6-2-1-3-7-16/h1-11,15,23H,12-14H2,(H,25,26). The van der Waals surface area contributed by atoms with E-state index in [2.05, 4.69) is 27.8 Å². The SMILES string of the molecule is O=C(NCc1ccccc1Cl)c1ccc(NCCc2ccccc2)cn1. The molecule has 1 amide bonds. The van der Waals surface area contributed by atoms with E-state index in [9.17, 15) is 4.79 Å². The highest BCUT2D eigenvalue weighted by atomic mass is 35.5. The third kappa shape index (κ3) is 5.07. The van der Waals surface area contributed by atoms with Crippen LogP contribution in [0.3, 0.4) is 0 Å². The first-order valence-corrected chi connectivity index (χ1v) is 8.85. The van der Waals surface area contributed by atoms with Gasteiger partial charge in [-0.15, -0.1) is 0 Å². The number of nitrogens with zero attached hydrogens (tertiary/aromatic N) is 1. The largest absolute Gasteiger partial charge is 0.383 e. The van der Waals surface area contributed by atoms with Gasteiger partial charge in [0.2, 0.25) is 0 Å². The monoisotopic (exact) mass is 365 g/mol. The van der Waals surface area contributed by atoms with Gasteiger partial charge in [0.05, 0.1) is 11.9 Å². The molecule has 132 valence electrons. The summed E-state index contributed by atoms with van der Waals surface area (Å²) < 4.78 is 0. The Morgan fingerprint density at radius 3 is 2.46 bits per heavy atom. The summed E-state index contributed by atoms with van der Waals surface area (Å²) >= 11 is 6.09. The van der Waals surface area contributed by atoms with Gasteiger partial charge in [-0.3, -0.25) is 4.79 Å². The number of halogens is 1. The van der Waals surface area contributed by atoms with Crippen LogP contribution in [0.1, 0.15) is 21.6 Å². The average molecular weight is 366 g/mol. The number of amides is 1. The summed E-state index contributed by atoms with van der Waals surface area (Å²) in [6, 6.07) is 21.3. The van der Waals surface area contributed by atoms with Crippen molar-refractivity contribution in [3.8, 4) is 0 Å². The molecule has 4 nitrogen and oxygen atoms in total. The lowest BCUT2D eigenvalue weighted by Gasteiger charge is -2.08. The Morgan fingerprint density at radius 1 is 0.962 bits per heavy atom. The Balaban J connectivity index is 1.49. The molecular formula is C21H20ClN3O. The second kappa shape index (κ2) is 9.02. The van der Waals surface area contributed by atoms with Crippen molar-refractivity contribution in [1.82, 2.24) is 10.3 Å². The molecule has 3 rings (SSSR count). The van der Waals surface area contributed by atoms with E-state index in [-0.39, 0.29) is 5.91 Å². The van der Waals surface area contributed by atoms with Gasteiger partial charge in [-0.25, -0.2) is 4.98 Å². The van der Waals surface area contributed by atoms with E-state index in [4.69, 9.17) is 11.6 Å². The highest BCUT2D eigenvalue weighted by Gasteiger charge is 2.08. The van der Waals surface area contributed by atoms with E-state index in [1.807, 2.05) is 42.5 Å². The number of benzene rings is 2. The van der Waals surface area contributed by atoms with Gasteiger partial charge >= 0.3 is 0 Å². The summed E-state index contributed by atoms with van der Waals surface area (Å²) in [6.45, 7) is 1.18. The first kappa shape index (κ1) is 18.0. The fourth-order valence-corrected chi connectivity index (χ4v) is 2.74. The van der Waals surface area contributed by atoms with Gasteiger partial charge in [-0.05, 0) is 35.7 Å². The number of pyridine rings is 1. The highest BCUT2D eigenvalue weighted by Crippen LogP contribution is 2.14. The van der Waals surface area contributed by atoms with Crippen LogP contribution in [-0.2, 0) is 13.0 Å². The van der Waals surface area contributed by atoms with Crippen molar-refractivity contribution < 1.29 is 4.79 Å². The lowest BCUT2D eigenvalue weighted by Crippen LogP contribution is -2.23. The van der Waals surface area contributed by atoms with Crippen LogP contribution in [0.5, 0.6) is 0 Å². The third-order valence-corrected chi connectivity index (χ3v) is 4.35. The number of nitrogens with one attached hydrogen (secondary N) is 2. The Morgan fingerprint density at radius 2 is 1.73 bits per heavy atom. The van der Waals surface area contributed by atoms with Crippen LogP contribution in [0.25, 0.3) is 0 Å². The van der Waals surface area contributed by atoms with E-state index in [1.165, 1.54) is 5.56 Å². The van der Waals surface area contributed by atoms with E-state index in [1.54, 1.807) is 18.3 Å². The second-order valence-corrected chi connectivity index (χ2v) is 6.28. The Hall–Kier alpha value is -2.85. The van der Waals surface area contributed by atoms with Crippen molar-refractivity contribution in [1.29, 1.82) is 0 Å². The fourth-order valence-electron chi connectivity index (χ4n) is 2.54. The molecule has 0 fully saturated rings. The maximum atomic E-state index is 12.2. The zero-order valence-corrected chi connectivity index (χ0v) is 15.0. The van der Waals surface area contributed by atoms with E-state index in [0.29, 0.717) is 17.3 Å². The molecule has 5 heteroatoms. The minimum absolute atomic E-state index is 0.222. The van der Waals surface area contributed by atoms with Crippen LogP contribution in [0.15, 0.2) is 72.9 Å². The average Bonchev–Trinajstić information content (AvgIpc) is 2.68. The summed E-state index contributed by atoms with van der Waals surface area (Å²) in [5, 5.41) is 6.78. The van der Waals surface area contributed by atoms with Crippen LogP contribution in [0.4, 0.5) is 5.69 Å². The first-order chi connectivity index (χ1) is 12.7. The molecular weight excluding hydrogens is 346 g/mol. The molecule has 1 heterocycles. The molecule has 0 unspecified atom stereocenters. The quantitative estimate of drug-likeness (QED) is 0.655. The van der Waals surface area contributed by atoms with Gasteiger partial charge < -0.3 is 10.6 Å². The summed E-state index contributed by atoms with van der Waals surface area (Å²) in [5.41, 5.74) is 3.43. The zero-order chi connectivity index (χ0) is 18.2. The zero-order valence-electron chi connectivity index (χ0n) is 14.3. The van der Waals surface area contributed by atoms with Gasteiger partial charge in [0.15, 0.2) is 0 Å². The Kier molecular flexibility index (Phi) is 6.23. The predicted octanol–water partition coefficient (Wildman–Crippen LogP) is 4.32. The van der Waals surface area contributed by atoms with Crippen LogP contribution >= 0.6 is 11.6 Å². The number of carbonyl (C=O) groups is 1. The molecule has 0 atom stereocenters. The maximum Gasteiger partial charge on any atom is 0.270 e. The number of hydrogen-bond donors (Lipinski definition) is 2. The topological polar surface area (TPSA) is 54.0 Å². The molecule has 2 aromatic carbocycles. The summed E-state index contributed by atoms with van der Waals surface area (Å²) in [7, 11) is 0. The van der Waals surface area contributed by atoms with Crippen molar-refractivity contribution in [2.24, 2.45) is 0 Å². The van der Waals surface area contributed by atoms with Crippen molar-refractivity contribution in [3.63, 3.8) is 0 Å². The second-order valence-electron chi connectivity index (χ2n) is 5.87. The maximum absolute atomic E-state index is 12.2. The minimum Gasteiger partial charge on any atom is -0.383 e. The summed E-state index contributed by atoms with van der Waals surface area (Å²) in [4.78, 5) is 16.4. The number of carbonyl (C=O) groups excluding carboxylic acids is 1. The molecule has 0 aliphatic rings. The van der Waals surface area contributed by atoms with Crippen LogP contribution in [-0.4, -0.2) is 17.4 Å². The van der Waals surface area contributed by atoms with E-state index < -0.39 is 0 Å². The fraction of sp³-hybridized carbons (Fsp3) is 0.143. The van der Waals surface area contributed by atoms with Crippen molar-refractivity contribution in [2.45, 2.75) is 13.0 Å².